The Kier molecular flexibility index (Phi) is 7.95. The Hall–Kier alpha value is -3.86. The minimum Gasteiger partial charge on any atom is -0.496 e. The number of halogens is 1. The Morgan fingerprint density at radius 3 is 2.34 bits per heavy atom. The summed E-state index contributed by atoms with van der Waals surface area (Å²) in [5, 5.41) is 1.90. The lowest BCUT2D eigenvalue weighted by Crippen LogP contribution is -2.28. The molecule has 206 valence electrons. The van der Waals surface area contributed by atoms with E-state index in [1.54, 1.807) is 18.4 Å². The zero-order chi connectivity index (χ0) is 28.3. The predicted octanol–water partition coefficient (Wildman–Crippen LogP) is 9.87. The molecule has 0 atom stereocenters. The number of nitrogens with zero attached hydrogens (tertiary/aromatic N) is 1. The highest BCUT2D eigenvalue weighted by atomic mass is 35.5. The highest BCUT2D eigenvalue weighted by Crippen LogP contribution is 2.37. The highest BCUT2D eigenvalue weighted by Gasteiger charge is 2.24. The maximum Gasteiger partial charge on any atom is 0.258 e. The second kappa shape index (κ2) is 11.9. The van der Waals surface area contributed by atoms with Crippen LogP contribution in [0.2, 0.25) is 5.02 Å². The summed E-state index contributed by atoms with van der Waals surface area (Å²) in [6.45, 7) is 3.76. The zero-order valence-electron chi connectivity index (χ0n) is 23.3. The third-order valence-corrected chi connectivity index (χ3v) is 9.32. The molecule has 0 N–H and O–H groups in total. The minimum absolute atomic E-state index is 0.0203. The van der Waals surface area contributed by atoms with Crippen molar-refractivity contribution in [1.82, 2.24) is 4.90 Å². The van der Waals surface area contributed by atoms with E-state index in [1.165, 1.54) is 31.7 Å². The summed E-state index contributed by atoms with van der Waals surface area (Å²) in [6, 6.07) is 29.6. The molecule has 0 spiro atoms. The van der Waals surface area contributed by atoms with Crippen LogP contribution in [0.25, 0.3) is 43.8 Å². The van der Waals surface area contributed by atoms with E-state index in [0.717, 1.165) is 49.0 Å². The van der Waals surface area contributed by atoms with Crippen LogP contribution in [0, 0.1) is 0 Å². The summed E-state index contributed by atoms with van der Waals surface area (Å²) < 4.78 is 6.82. The van der Waals surface area contributed by atoms with Crippen LogP contribution in [-0.4, -0.2) is 31.0 Å². The van der Waals surface area contributed by atoms with Gasteiger partial charge in [0.25, 0.3) is 5.91 Å². The molecular formula is C36H32ClNO2S. The van der Waals surface area contributed by atoms with E-state index in [-0.39, 0.29) is 5.91 Å². The van der Waals surface area contributed by atoms with Gasteiger partial charge in [0.15, 0.2) is 0 Å². The van der Waals surface area contributed by atoms with Gasteiger partial charge in [-0.05, 0) is 88.4 Å². The molecule has 1 aromatic heterocycles. The van der Waals surface area contributed by atoms with Crippen molar-refractivity contribution in [1.29, 1.82) is 0 Å². The molecule has 0 unspecified atom stereocenters. The summed E-state index contributed by atoms with van der Waals surface area (Å²) >= 11 is 8.57. The lowest BCUT2D eigenvalue weighted by atomic mass is 10.0. The first-order valence-corrected chi connectivity index (χ1v) is 15.3. The third kappa shape index (κ3) is 5.68. The smallest absolute Gasteiger partial charge is 0.258 e. The number of aryl methyl sites for hydroxylation is 1. The second-order valence-corrected chi connectivity index (χ2v) is 11.9. The van der Waals surface area contributed by atoms with Crippen LogP contribution in [0.15, 0.2) is 84.9 Å². The molecule has 1 fully saturated rings. The van der Waals surface area contributed by atoms with E-state index in [0.29, 0.717) is 16.3 Å². The van der Waals surface area contributed by atoms with Gasteiger partial charge in [-0.15, -0.1) is 11.3 Å². The largest absolute Gasteiger partial charge is 0.496 e. The van der Waals surface area contributed by atoms with Gasteiger partial charge in [-0.2, -0.15) is 0 Å². The summed E-state index contributed by atoms with van der Waals surface area (Å²) in [5.41, 5.74) is 7.23. The average molecular weight is 578 g/mol. The van der Waals surface area contributed by atoms with Crippen LogP contribution in [-0.2, 0) is 6.42 Å². The number of amides is 1. The first-order chi connectivity index (χ1) is 20.0. The van der Waals surface area contributed by atoms with Gasteiger partial charge >= 0.3 is 0 Å². The molecule has 3 nitrogen and oxygen atoms in total. The molecule has 5 aromatic rings. The molecule has 1 aliphatic heterocycles. The fraction of sp³-hybridized carbons (Fsp3) is 0.194. The van der Waals surface area contributed by atoms with Crippen molar-refractivity contribution in [3.63, 3.8) is 0 Å². The fourth-order valence-corrected chi connectivity index (χ4v) is 6.74. The van der Waals surface area contributed by atoms with Crippen LogP contribution < -0.4 is 4.74 Å². The highest BCUT2D eigenvalue weighted by molar-refractivity contribution is 7.22. The van der Waals surface area contributed by atoms with Gasteiger partial charge in [-0.3, -0.25) is 4.79 Å². The molecule has 1 aliphatic rings. The van der Waals surface area contributed by atoms with E-state index in [4.69, 9.17) is 16.3 Å². The van der Waals surface area contributed by atoms with Crippen molar-refractivity contribution in [3.05, 3.63) is 112 Å². The van der Waals surface area contributed by atoms with E-state index in [2.05, 4.69) is 61.5 Å². The van der Waals surface area contributed by atoms with E-state index >= 15 is 0 Å². The van der Waals surface area contributed by atoms with Crippen LogP contribution in [0.3, 0.4) is 0 Å². The SMILES string of the molecule is CCc1ccc(-c2ccc3sc(-c4ccc(C=Cc5cccc(OC)c5C(=O)N5CCCC5)c(Cl)c4)cc3c2)cc1. The lowest BCUT2D eigenvalue weighted by Gasteiger charge is -2.19. The molecule has 4 aromatic carbocycles. The third-order valence-electron chi connectivity index (χ3n) is 7.82. The molecule has 2 heterocycles. The Morgan fingerprint density at radius 2 is 1.61 bits per heavy atom. The molecule has 1 saturated heterocycles. The van der Waals surface area contributed by atoms with Gasteiger partial charge in [-0.25, -0.2) is 0 Å². The number of thiophene rings is 1. The fourth-order valence-electron chi connectivity index (χ4n) is 5.46. The van der Waals surface area contributed by atoms with Crippen molar-refractivity contribution in [2.45, 2.75) is 26.2 Å². The van der Waals surface area contributed by atoms with Gasteiger partial charge in [0.2, 0.25) is 0 Å². The van der Waals surface area contributed by atoms with Crippen molar-refractivity contribution in [3.8, 4) is 27.3 Å². The minimum atomic E-state index is 0.0203. The molecule has 0 saturated carbocycles. The lowest BCUT2D eigenvalue weighted by molar-refractivity contribution is 0.0789. The number of hydrogen-bond acceptors (Lipinski definition) is 3. The standard InChI is InChI=1S/C36H32ClNO2S/c1-3-24-9-11-25(12-10-24)28-17-18-33-30(21-28)23-34(41-33)29-16-14-26(31(37)22-29)13-15-27-7-6-8-32(40-2)35(27)36(39)38-19-4-5-20-38/h6-18,21-23H,3-5,19-20H2,1-2H3. The Bertz CT molecular complexity index is 1750. The van der Waals surface area contributed by atoms with Gasteiger partial charge in [0.1, 0.15) is 5.75 Å². The van der Waals surface area contributed by atoms with Crippen molar-refractivity contribution in [2.75, 3.05) is 20.2 Å². The summed E-state index contributed by atoms with van der Waals surface area (Å²) in [7, 11) is 1.61. The van der Waals surface area contributed by atoms with Gasteiger partial charge in [-0.1, -0.05) is 85.3 Å². The monoisotopic (exact) mass is 577 g/mol. The van der Waals surface area contributed by atoms with Crippen LogP contribution in [0.5, 0.6) is 5.75 Å². The van der Waals surface area contributed by atoms with Crippen molar-refractivity contribution < 1.29 is 9.53 Å². The first-order valence-electron chi connectivity index (χ1n) is 14.1. The van der Waals surface area contributed by atoms with Crippen molar-refractivity contribution >= 4 is 51.1 Å². The number of likely N-dealkylation sites (tertiary alicyclic amines) is 1. The molecule has 5 heteroatoms. The summed E-state index contributed by atoms with van der Waals surface area (Å²) in [6.07, 6.45) is 7.07. The van der Waals surface area contributed by atoms with Crippen LogP contribution >= 0.6 is 22.9 Å². The Balaban J connectivity index is 1.26. The molecular weight excluding hydrogens is 546 g/mol. The molecule has 41 heavy (non-hydrogen) atoms. The number of fused-ring (bicyclic) bond motifs is 1. The Labute approximate surface area is 250 Å². The topological polar surface area (TPSA) is 29.5 Å². The number of carbonyl (C=O) groups excluding carboxylic acids is 1. The maximum absolute atomic E-state index is 13.3. The maximum atomic E-state index is 13.3. The second-order valence-electron chi connectivity index (χ2n) is 10.4. The Morgan fingerprint density at radius 1 is 0.878 bits per heavy atom. The predicted molar refractivity (Wildman–Crippen MR) is 174 cm³/mol. The quantitative estimate of drug-likeness (QED) is 0.180. The van der Waals surface area contributed by atoms with E-state index in [9.17, 15) is 4.79 Å². The van der Waals surface area contributed by atoms with Gasteiger partial charge < -0.3 is 9.64 Å². The molecule has 6 rings (SSSR count). The molecule has 0 radical (unpaired) electrons. The number of benzene rings is 4. The molecule has 0 aliphatic carbocycles. The number of methoxy groups -OCH3 is 1. The van der Waals surface area contributed by atoms with Gasteiger partial charge in [0, 0.05) is 27.7 Å². The van der Waals surface area contributed by atoms with Gasteiger partial charge in [0.05, 0.1) is 12.7 Å². The number of hydrogen-bond donors (Lipinski definition) is 0. The molecule has 1 amide bonds. The number of ether oxygens (including phenoxy) is 1. The van der Waals surface area contributed by atoms with E-state index < -0.39 is 0 Å². The van der Waals surface area contributed by atoms with Crippen molar-refractivity contribution in [2.24, 2.45) is 0 Å². The van der Waals surface area contributed by atoms with E-state index in [1.807, 2.05) is 47.4 Å². The first kappa shape index (κ1) is 27.3. The summed E-state index contributed by atoms with van der Waals surface area (Å²) in [5.74, 6) is 0.614. The molecule has 0 bridgehead atoms. The number of carbonyl (C=O) groups is 1. The average Bonchev–Trinajstić information content (AvgIpc) is 3.70. The number of rotatable bonds is 7. The normalized spacial score (nSPS) is 13.4. The zero-order valence-corrected chi connectivity index (χ0v) is 24.9. The summed E-state index contributed by atoms with van der Waals surface area (Å²) in [4.78, 5) is 16.4. The van der Waals surface area contributed by atoms with Crippen LogP contribution in [0.1, 0.15) is 46.8 Å². The van der Waals surface area contributed by atoms with Crippen LogP contribution in [0.4, 0.5) is 0 Å².